The van der Waals surface area contributed by atoms with E-state index in [4.69, 9.17) is 9.47 Å². The second-order valence-electron chi connectivity index (χ2n) is 39.3. The zero-order valence-electron chi connectivity index (χ0n) is 78.6. The fourth-order valence-corrected chi connectivity index (χ4v) is 17.9. The molecule has 0 atom stereocenters. The molecule has 13 rings (SSSR count). The van der Waals surface area contributed by atoms with Crippen LogP contribution in [0.1, 0.15) is 329 Å². The van der Waals surface area contributed by atoms with Crippen LogP contribution in [-0.2, 0) is 63.2 Å². The van der Waals surface area contributed by atoms with Crippen LogP contribution in [0.2, 0.25) is 0 Å². The molecule has 0 unspecified atom stereocenters. The maximum atomic E-state index is 5.84. The molecule has 646 valence electrons. The third-order valence-electron chi connectivity index (χ3n) is 24.2. The van der Waals surface area contributed by atoms with Crippen molar-refractivity contribution < 1.29 is 9.47 Å². The van der Waals surface area contributed by atoms with Crippen LogP contribution in [0.25, 0.3) is 0 Å². The van der Waals surface area contributed by atoms with Gasteiger partial charge in [-0.25, -0.2) is 0 Å². The van der Waals surface area contributed by atoms with Crippen molar-refractivity contribution in [3.05, 3.63) is 267 Å². The Morgan fingerprint density at radius 2 is 0.667 bits per heavy atom. The smallest absolute Gasteiger partial charge is 0.119 e. The molecule has 4 fully saturated rings. The molecule has 4 bridgehead atoms. The standard InChI is InChI=1S/C20H28O.C16H24.2C14H22.C13H20O.C13H20.C12H17I.C11H15I/c1-14(2)13-21-19-5-3-18(4-6-19)20-10-15-7-16(11-20)9-17(8-15)12-20;1-13(2)6-5-7-14-10-11-15-8-3-4-9-16(15)12-14;1-11(2)6-5-7-14-9-8-12(3)13(4)10-14;1-11(2)6-5-7-14-10-12(3)8-9-13(14)4;1-11(2)5-4-6-12-7-9-13(14-3)10-8-12;1-11(2)5-4-6-13-9-7-12(3)8-10-13;1-10(2)4-3-5-11-6-8-12(13)9-7-11;1-9(2)3-4-10-5-7-11(12)8-6-10/h3-6,14-17H,7-13H2,1-2H3;10-13H,3-9H2,1-2H3;2*8-11H,5-7H2,1-4H3;7-11H,4-6H2,1-3H3;7-11H,4-6H2,1-3H3;6-10H,3-5H2,1-2H3;5-9H,3-4H2,1-2H3. The number of ether oxygens (including phenoxy) is 2. The lowest BCUT2D eigenvalue weighted by molar-refractivity contribution is -0.00521. The lowest BCUT2D eigenvalue weighted by Gasteiger charge is -2.57. The van der Waals surface area contributed by atoms with E-state index in [9.17, 15) is 0 Å². The van der Waals surface area contributed by atoms with Crippen molar-refractivity contribution >= 4 is 45.2 Å². The van der Waals surface area contributed by atoms with Gasteiger partial charge in [0, 0.05) is 7.14 Å². The maximum absolute atomic E-state index is 5.84. The van der Waals surface area contributed by atoms with Crippen molar-refractivity contribution in [3.8, 4) is 11.5 Å². The summed E-state index contributed by atoms with van der Waals surface area (Å²) in [6.07, 6.45) is 40.2. The summed E-state index contributed by atoms with van der Waals surface area (Å²) in [5.41, 5.74) is 22.8. The minimum absolute atomic E-state index is 0.519. The number of aryl methyl sites for hydroxylation is 14. The SMILES string of the molecule is CC(C)CCCc1ccc(I)cc1.CC(C)CCCc1ccc2c(c1)CCCC2.CC(C)CCc1ccc(I)cc1.CC(C)COc1ccc(C23CC4CC(CC(C4)C2)C3)cc1.COc1ccc(CCCC(C)C)cc1.Cc1ccc(C)c(CCCC(C)C)c1.Cc1ccc(CCCC(C)C)cc1.Cc1ccc(CCCC(C)C)cc1C. The molecule has 8 aromatic rings. The highest BCUT2D eigenvalue weighted by Crippen LogP contribution is 2.61. The molecule has 117 heavy (non-hydrogen) atoms. The molecular weight excluding hydrogens is 1640 g/mol. The summed E-state index contributed by atoms with van der Waals surface area (Å²) in [6, 6.07) is 64.8. The predicted octanol–water partition coefficient (Wildman–Crippen LogP) is 34.1. The first kappa shape index (κ1) is 102. The Bertz CT molecular complexity index is 3780. The van der Waals surface area contributed by atoms with Gasteiger partial charge in [-0.15, -0.1) is 0 Å². The molecular formula is C113H168I2O2. The van der Waals surface area contributed by atoms with E-state index in [-0.39, 0.29) is 0 Å². The van der Waals surface area contributed by atoms with Gasteiger partial charge in [-0.1, -0.05) is 288 Å². The monoisotopic (exact) mass is 1810 g/mol. The number of rotatable bonds is 32. The van der Waals surface area contributed by atoms with Gasteiger partial charge in [0.2, 0.25) is 0 Å². The highest BCUT2D eigenvalue weighted by Gasteiger charge is 2.51. The van der Waals surface area contributed by atoms with Gasteiger partial charge in [0.1, 0.15) is 11.5 Å². The maximum Gasteiger partial charge on any atom is 0.119 e. The van der Waals surface area contributed by atoms with Crippen molar-refractivity contribution in [2.24, 2.45) is 65.1 Å². The summed E-state index contributed by atoms with van der Waals surface area (Å²) in [6.45, 7) is 48.1. The zero-order valence-corrected chi connectivity index (χ0v) is 82.9. The summed E-state index contributed by atoms with van der Waals surface area (Å²) < 4.78 is 13.6. The molecule has 5 aliphatic carbocycles. The van der Waals surface area contributed by atoms with Crippen LogP contribution in [0.15, 0.2) is 176 Å². The third-order valence-corrected chi connectivity index (χ3v) is 25.6. The van der Waals surface area contributed by atoms with Gasteiger partial charge in [-0.05, 0) is 425 Å². The molecule has 0 heterocycles. The van der Waals surface area contributed by atoms with Crippen LogP contribution in [0.3, 0.4) is 0 Å². The topological polar surface area (TPSA) is 18.5 Å². The Kier molecular flexibility index (Phi) is 50.1. The minimum atomic E-state index is 0.519. The molecule has 0 N–H and O–H groups in total. The number of fused-ring (bicyclic) bond motifs is 1. The Labute approximate surface area is 748 Å². The lowest BCUT2D eigenvalue weighted by atomic mass is 9.48. The zero-order chi connectivity index (χ0) is 85.7. The third kappa shape index (κ3) is 44.5. The molecule has 2 nitrogen and oxygen atoms in total. The van der Waals surface area contributed by atoms with Gasteiger partial charge in [0.25, 0.3) is 0 Å². The van der Waals surface area contributed by atoms with E-state index in [1.165, 1.54) is 261 Å². The second-order valence-corrected chi connectivity index (χ2v) is 41.8. The molecule has 8 aromatic carbocycles. The minimum Gasteiger partial charge on any atom is -0.497 e. The molecule has 0 spiro atoms. The largest absolute Gasteiger partial charge is 0.497 e. The van der Waals surface area contributed by atoms with Crippen molar-refractivity contribution in [3.63, 3.8) is 0 Å². The highest BCUT2D eigenvalue weighted by atomic mass is 127. The molecule has 0 radical (unpaired) electrons. The second kappa shape index (κ2) is 57.2. The number of hydrogen-bond donors (Lipinski definition) is 0. The van der Waals surface area contributed by atoms with Crippen LogP contribution >= 0.6 is 45.2 Å². The number of hydrogen-bond acceptors (Lipinski definition) is 2. The number of halogens is 2. The van der Waals surface area contributed by atoms with Crippen molar-refractivity contribution in [1.82, 2.24) is 0 Å². The van der Waals surface area contributed by atoms with Gasteiger partial charge in [-0.2, -0.15) is 0 Å². The van der Waals surface area contributed by atoms with Crippen LogP contribution < -0.4 is 9.47 Å². The Hall–Kier alpha value is -5.18. The average Bonchev–Trinajstić information content (AvgIpc) is 0.736. The molecule has 4 saturated carbocycles. The van der Waals surface area contributed by atoms with Crippen LogP contribution in [-0.4, -0.2) is 13.7 Å². The quantitative estimate of drug-likeness (QED) is 0.0391. The van der Waals surface area contributed by atoms with Crippen LogP contribution in [0.5, 0.6) is 11.5 Å². The molecule has 0 amide bonds. The van der Waals surface area contributed by atoms with Crippen LogP contribution in [0, 0.1) is 107 Å². The molecule has 5 aliphatic rings. The lowest BCUT2D eigenvalue weighted by Crippen LogP contribution is -2.48. The summed E-state index contributed by atoms with van der Waals surface area (Å²) >= 11 is 4.68. The van der Waals surface area contributed by atoms with E-state index in [0.29, 0.717) is 11.3 Å². The fourth-order valence-electron chi connectivity index (χ4n) is 17.2. The first-order valence-corrected chi connectivity index (χ1v) is 49.1. The van der Waals surface area contributed by atoms with Gasteiger partial charge < -0.3 is 9.47 Å². The van der Waals surface area contributed by atoms with Crippen molar-refractivity contribution in [1.29, 1.82) is 0 Å². The highest BCUT2D eigenvalue weighted by molar-refractivity contribution is 14.1. The van der Waals surface area contributed by atoms with E-state index in [0.717, 1.165) is 77.3 Å². The van der Waals surface area contributed by atoms with Crippen molar-refractivity contribution in [2.75, 3.05) is 13.7 Å². The normalized spacial score (nSPS) is 16.1. The van der Waals surface area contributed by atoms with E-state index in [1.54, 1.807) is 29.4 Å². The van der Waals surface area contributed by atoms with Gasteiger partial charge in [0.15, 0.2) is 0 Å². The molecule has 4 heteroatoms. The molecule has 0 saturated heterocycles. The molecule has 0 aliphatic heterocycles. The van der Waals surface area contributed by atoms with E-state index in [1.807, 2.05) is 12.1 Å². The summed E-state index contributed by atoms with van der Waals surface area (Å²) in [5.74, 6) is 11.4. The van der Waals surface area contributed by atoms with E-state index < -0.39 is 0 Å². The van der Waals surface area contributed by atoms with Gasteiger partial charge in [0.05, 0.1) is 13.7 Å². The first-order chi connectivity index (χ1) is 55.8. The number of benzene rings is 8. The summed E-state index contributed by atoms with van der Waals surface area (Å²) in [5, 5.41) is 0. The predicted molar refractivity (Wildman–Crippen MR) is 534 cm³/mol. The van der Waals surface area contributed by atoms with E-state index >= 15 is 0 Å². The van der Waals surface area contributed by atoms with Crippen LogP contribution in [0.4, 0.5) is 0 Å². The van der Waals surface area contributed by atoms with Crippen molar-refractivity contribution in [2.45, 2.75) is 343 Å². The first-order valence-electron chi connectivity index (χ1n) is 47.0. The Morgan fingerprint density at radius 1 is 0.316 bits per heavy atom. The van der Waals surface area contributed by atoms with Gasteiger partial charge >= 0.3 is 0 Å². The Morgan fingerprint density at radius 3 is 1.09 bits per heavy atom. The van der Waals surface area contributed by atoms with Gasteiger partial charge in [-0.3, -0.25) is 0 Å². The summed E-state index contributed by atoms with van der Waals surface area (Å²) in [7, 11) is 1.70. The number of methoxy groups -OCH3 is 1. The fraction of sp³-hybridized carbons (Fsp3) is 0.575. The van der Waals surface area contributed by atoms with E-state index in [2.05, 4.69) is 354 Å². The summed E-state index contributed by atoms with van der Waals surface area (Å²) in [4.78, 5) is 0. The Balaban J connectivity index is 0.000000240. The average molecular weight is 1810 g/mol. The molecule has 0 aromatic heterocycles.